The third-order valence-corrected chi connectivity index (χ3v) is 3.26. The Bertz CT molecular complexity index is 498. The zero-order valence-electron chi connectivity index (χ0n) is 16.8. The molecule has 162 valence electrons. The first kappa shape index (κ1) is 28.0. The molecule has 0 aromatic carbocycles. The van der Waals surface area contributed by atoms with E-state index in [9.17, 15) is 24.0 Å². The average molecular weight is 451 g/mol. The van der Waals surface area contributed by atoms with E-state index in [1.165, 1.54) is 4.90 Å². The summed E-state index contributed by atoms with van der Waals surface area (Å²) in [7, 11) is 0. The van der Waals surface area contributed by atoms with Crippen LogP contribution in [0.15, 0.2) is 0 Å². The van der Waals surface area contributed by atoms with Crippen LogP contribution in [0, 0.1) is 0 Å². The van der Waals surface area contributed by atoms with Crippen LogP contribution in [0.2, 0.25) is 0 Å². The Kier molecular flexibility index (Phi) is 14.7. The van der Waals surface area contributed by atoms with E-state index in [2.05, 4.69) is 0 Å². The van der Waals surface area contributed by atoms with Crippen molar-refractivity contribution in [1.82, 2.24) is 14.7 Å². The molecular formula is C14H25FeN3O10+2. The smallest absolute Gasteiger partial charge is 0.480 e. The van der Waals surface area contributed by atoms with Crippen molar-refractivity contribution in [3.05, 3.63) is 0 Å². The van der Waals surface area contributed by atoms with E-state index < -0.39 is 62.6 Å². The summed E-state index contributed by atoms with van der Waals surface area (Å²) < 4.78 is 0. The van der Waals surface area contributed by atoms with Crippen LogP contribution >= 0.6 is 0 Å². The topological polar surface area (TPSA) is 196 Å². The van der Waals surface area contributed by atoms with Crippen molar-refractivity contribution in [3.63, 3.8) is 0 Å². The Morgan fingerprint density at radius 2 is 0.643 bits per heavy atom. The molecule has 0 spiro atoms. The van der Waals surface area contributed by atoms with Crippen LogP contribution in [0.1, 0.15) is 2.85 Å². The molecule has 0 aromatic rings. The predicted molar refractivity (Wildman–Crippen MR) is 89.7 cm³/mol. The molecule has 0 saturated heterocycles. The van der Waals surface area contributed by atoms with E-state index >= 15 is 0 Å². The summed E-state index contributed by atoms with van der Waals surface area (Å²) in [6.07, 6.45) is 0. The van der Waals surface area contributed by atoms with Crippen LogP contribution in [0.4, 0.5) is 0 Å². The SMILES string of the molecule is O=C(O)CN(CCN(CC(=O)O)CC(=O)O)CCN(CC(=O)O)CC(=O)O.[Fe].[H+].[H+]. The Hall–Kier alpha value is -2.25. The Morgan fingerprint density at radius 3 is 0.857 bits per heavy atom. The van der Waals surface area contributed by atoms with E-state index in [1.807, 2.05) is 0 Å². The third-order valence-electron chi connectivity index (χ3n) is 3.26. The van der Waals surface area contributed by atoms with Crippen LogP contribution in [0.3, 0.4) is 0 Å². The predicted octanol–water partition coefficient (Wildman–Crippen LogP) is -2.46. The van der Waals surface area contributed by atoms with Gasteiger partial charge < -0.3 is 25.5 Å². The molecule has 13 nitrogen and oxygen atoms in total. The van der Waals surface area contributed by atoms with E-state index in [0.717, 1.165) is 9.80 Å². The zero-order chi connectivity index (χ0) is 21.0. The van der Waals surface area contributed by atoms with Gasteiger partial charge in [0.25, 0.3) is 0 Å². The minimum Gasteiger partial charge on any atom is -0.480 e. The molecule has 0 rings (SSSR count). The van der Waals surface area contributed by atoms with Crippen molar-refractivity contribution in [2.75, 3.05) is 58.9 Å². The van der Waals surface area contributed by atoms with Gasteiger partial charge in [-0.15, -0.1) is 0 Å². The van der Waals surface area contributed by atoms with Crippen LogP contribution in [-0.4, -0.2) is 129 Å². The van der Waals surface area contributed by atoms with Gasteiger partial charge in [-0.25, -0.2) is 0 Å². The summed E-state index contributed by atoms with van der Waals surface area (Å²) in [5.74, 6) is -6.16. The van der Waals surface area contributed by atoms with Gasteiger partial charge in [0.05, 0.1) is 32.7 Å². The second kappa shape index (κ2) is 14.8. The minimum atomic E-state index is -1.24. The second-order valence-electron chi connectivity index (χ2n) is 5.67. The standard InChI is InChI=1S/C14H23N3O10.Fe/c18-10(19)5-15(1-3-16(6-11(20)21)7-12(22)23)2-4-17(8-13(24)25)9-14(26)27;/h1-9H2,(H,18,19)(H,20,21)(H,22,23)(H,24,25)(H,26,27);/p+2. The Balaban J connectivity index is -0.00000113. The van der Waals surface area contributed by atoms with Gasteiger partial charge in [-0.05, 0) is 0 Å². The molecular weight excluding hydrogens is 426 g/mol. The third kappa shape index (κ3) is 16.0. The summed E-state index contributed by atoms with van der Waals surface area (Å²) in [5.41, 5.74) is 0. The normalized spacial score (nSPS) is 10.7. The molecule has 14 heteroatoms. The molecule has 0 radical (unpaired) electrons. The number of rotatable bonds is 16. The number of carbonyl (C=O) groups is 5. The van der Waals surface area contributed by atoms with Gasteiger partial charge in [0.1, 0.15) is 0 Å². The maximum atomic E-state index is 11.0. The molecule has 0 heterocycles. The molecule has 0 aromatic heterocycles. The maximum Gasteiger partial charge on any atom is 1.00 e. The first-order valence-corrected chi connectivity index (χ1v) is 7.75. The fraction of sp³-hybridized carbons (Fsp3) is 0.643. The van der Waals surface area contributed by atoms with Crippen LogP contribution in [0.25, 0.3) is 0 Å². The van der Waals surface area contributed by atoms with Gasteiger partial charge >= 0.3 is 32.7 Å². The number of aliphatic carboxylic acids is 5. The monoisotopic (exact) mass is 451 g/mol. The number of carboxylic acids is 5. The van der Waals surface area contributed by atoms with Crippen molar-refractivity contribution >= 4 is 29.8 Å². The Morgan fingerprint density at radius 1 is 0.464 bits per heavy atom. The molecule has 0 fully saturated rings. The van der Waals surface area contributed by atoms with Crippen LogP contribution in [-0.2, 0) is 41.0 Å². The van der Waals surface area contributed by atoms with Crippen molar-refractivity contribution in [1.29, 1.82) is 0 Å². The fourth-order valence-electron chi connectivity index (χ4n) is 2.22. The fourth-order valence-corrected chi connectivity index (χ4v) is 2.22. The van der Waals surface area contributed by atoms with Gasteiger partial charge in [-0.2, -0.15) is 0 Å². The molecule has 0 saturated carbocycles. The zero-order valence-corrected chi connectivity index (χ0v) is 15.9. The van der Waals surface area contributed by atoms with E-state index in [1.54, 1.807) is 0 Å². The van der Waals surface area contributed by atoms with Gasteiger partial charge in [-0.3, -0.25) is 38.7 Å². The summed E-state index contributed by atoms with van der Waals surface area (Å²) in [5, 5.41) is 44.1. The van der Waals surface area contributed by atoms with Gasteiger partial charge in [0.2, 0.25) is 0 Å². The maximum absolute atomic E-state index is 11.0. The van der Waals surface area contributed by atoms with Crippen molar-refractivity contribution in [3.8, 4) is 0 Å². The minimum absolute atomic E-state index is 0. The number of nitrogens with zero attached hydrogens (tertiary/aromatic N) is 3. The molecule has 0 unspecified atom stereocenters. The Labute approximate surface area is 173 Å². The second-order valence-corrected chi connectivity index (χ2v) is 5.67. The van der Waals surface area contributed by atoms with Crippen LogP contribution < -0.4 is 0 Å². The molecule has 0 amide bonds. The van der Waals surface area contributed by atoms with Crippen molar-refractivity contribution in [2.45, 2.75) is 0 Å². The van der Waals surface area contributed by atoms with E-state index in [4.69, 9.17) is 25.5 Å². The molecule has 5 N–H and O–H groups in total. The largest absolute Gasteiger partial charge is 1.00 e. The summed E-state index contributed by atoms with van der Waals surface area (Å²) >= 11 is 0. The quantitative estimate of drug-likeness (QED) is 0.155. The van der Waals surface area contributed by atoms with E-state index in [0.29, 0.717) is 0 Å². The van der Waals surface area contributed by atoms with E-state index in [-0.39, 0.29) is 46.1 Å². The summed E-state index contributed by atoms with van der Waals surface area (Å²) in [6.45, 7) is -2.74. The molecule has 0 aliphatic rings. The summed E-state index contributed by atoms with van der Waals surface area (Å²) in [4.78, 5) is 57.6. The molecule has 28 heavy (non-hydrogen) atoms. The number of hydrogen-bond acceptors (Lipinski definition) is 8. The van der Waals surface area contributed by atoms with Crippen molar-refractivity contribution < 1.29 is 69.4 Å². The molecule has 0 atom stereocenters. The van der Waals surface area contributed by atoms with Gasteiger partial charge in [0, 0.05) is 43.2 Å². The number of carboxylic acid groups (broad SMARTS) is 5. The molecule has 0 aliphatic heterocycles. The first-order chi connectivity index (χ1) is 12.5. The van der Waals surface area contributed by atoms with Crippen LogP contribution in [0.5, 0.6) is 0 Å². The van der Waals surface area contributed by atoms with Gasteiger partial charge in [0.15, 0.2) is 0 Å². The first-order valence-electron chi connectivity index (χ1n) is 7.75. The average Bonchev–Trinajstić information content (AvgIpc) is 2.46. The molecule has 0 bridgehead atoms. The van der Waals surface area contributed by atoms with Gasteiger partial charge in [-0.1, -0.05) is 0 Å². The molecule has 0 aliphatic carbocycles. The van der Waals surface area contributed by atoms with Crippen molar-refractivity contribution in [2.24, 2.45) is 0 Å². The summed E-state index contributed by atoms with van der Waals surface area (Å²) in [6, 6.07) is 0. The number of hydrogen-bond donors (Lipinski definition) is 5.